The first-order valence-electron chi connectivity index (χ1n) is 6.32. The number of ether oxygens (including phenoxy) is 1. The Labute approximate surface area is 117 Å². The molecule has 0 fully saturated rings. The molecule has 0 aliphatic carbocycles. The minimum atomic E-state index is -0.790. The van der Waals surface area contributed by atoms with Crippen LogP contribution in [-0.2, 0) is 14.3 Å². The number of nitrogens with one attached hydrogen (secondary N) is 1. The molecule has 0 unspecified atom stereocenters. The molecule has 1 aromatic rings. The summed E-state index contributed by atoms with van der Waals surface area (Å²) in [6, 6.07) is 9.11. The number of amides is 3. The molecule has 0 atom stereocenters. The number of rotatable bonds is 5. The average Bonchev–Trinajstić information content (AvgIpc) is 2.45. The summed E-state index contributed by atoms with van der Waals surface area (Å²) >= 11 is 0. The van der Waals surface area contributed by atoms with E-state index in [9.17, 15) is 14.4 Å². The van der Waals surface area contributed by atoms with Crippen LogP contribution in [0.1, 0.15) is 19.8 Å². The van der Waals surface area contributed by atoms with Crippen molar-refractivity contribution in [2.45, 2.75) is 19.8 Å². The number of anilines is 1. The van der Waals surface area contributed by atoms with Gasteiger partial charge in [-0.25, -0.2) is 4.79 Å². The molecule has 1 aromatic carbocycles. The van der Waals surface area contributed by atoms with Crippen molar-refractivity contribution in [3.63, 3.8) is 0 Å². The van der Waals surface area contributed by atoms with Crippen molar-refractivity contribution >= 4 is 23.6 Å². The largest absolute Gasteiger partial charge is 0.450 e. The van der Waals surface area contributed by atoms with Gasteiger partial charge in [0.25, 0.3) is 0 Å². The number of benzene rings is 1. The van der Waals surface area contributed by atoms with Crippen LogP contribution in [0.3, 0.4) is 0 Å². The summed E-state index contributed by atoms with van der Waals surface area (Å²) in [5, 5.41) is 2.04. The molecule has 108 valence electrons. The van der Waals surface area contributed by atoms with Crippen LogP contribution in [-0.4, -0.2) is 31.6 Å². The fourth-order valence-electron chi connectivity index (χ4n) is 1.53. The van der Waals surface area contributed by atoms with E-state index in [1.807, 2.05) is 23.5 Å². The fourth-order valence-corrected chi connectivity index (χ4v) is 1.53. The lowest BCUT2D eigenvalue weighted by Gasteiger charge is -2.16. The predicted molar refractivity (Wildman–Crippen MR) is 74.3 cm³/mol. The van der Waals surface area contributed by atoms with Crippen molar-refractivity contribution in [2.75, 3.05) is 18.6 Å². The van der Waals surface area contributed by atoms with Crippen LogP contribution in [0.5, 0.6) is 0 Å². The molecule has 0 saturated heterocycles. The molecule has 0 saturated carbocycles. The summed E-state index contributed by atoms with van der Waals surface area (Å²) in [6.45, 7) is 1.83. The van der Waals surface area contributed by atoms with E-state index >= 15 is 0 Å². The van der Waals surface area contributed by atoms with Gasteiger partial charge in [0.05, 0.1) is 6.61 Å². The fraction of sp³-hybridized carbons (Fsp3) is 0.357. The maximum absolute atomic E-state index is 11.9. The number of para-hydroxylation sites is 1. The molecule has 0 bridgehead atoms. The molecule has 0 heterocycles. The SMILES string of the molecule is CCOC(=O)NC(=O)CCC(=O)N(C)c1ccccc1. The Balaban J connectivity index is 2.40. The normalized spacial score (nSPS) is 9.70. The van der Waals surface area contributed by atoms with E-state index in [1.54, 1.807) is 26.1 Å². The van der Waals surface area contributed by atoms with Gasteiger partial charge in [-0.05, 0) is 19.1 Å². The van der Waals surface area contributed by atoms with Gasteiger partial charge < -0.3 is 9.64 Å². The maximum Gasteiger partial charge on any atom is 0.413 e. The lowest BCUT2D eigenvalue weighted by molar-refractivity contribution is -0.124. The lowest BCUT2D eigenvalue weighted by Crippen LogP contribution is -2.33. The molecule has 1 N–H and O–H groups in total. The zero-order valence-corrected chi connectivity index (χ0v) is 11.6. The number of carbonyl (C=O) groups excluding carboxylic acids is 3. The third-order valence-corrected chi connectivity index (χ3v) is 2.60. The van der Waals surface area contributed by atoms with Gasteiger partial charge in [-0.2, -0.15) is 0 Å². The number of imide groups is 1. The van der Waals surface area contributed by atoms with Gasteiger partial charge in [-0.15, -0.1) is 0 Å². The van der Waals surface area contributed by atoms with Crippen molar-refractivity contribution in [1.82, 2.24) is 5.32 Å². The first-order chi connectivity index (χ1) is 9.54. The second-order valence-corrected chi connectivity index (χ2v) is 4.06. The van der Waals surface area contributed by atoms with Crippen molar-refractivity contribution in [2.24, 2.45) is 0 Å². The highest BCUT2D eigenvalue weighted by molar-refractivity contribution is 5.97. The standard InChI is InChI=1S/C14H18N2O4/c1-3-20-14(19)15-12(17)9-10-13(18)16(2)11-7-5-4-6-8-11/h4-8H,3,9-10H2,1-2H3,(H,15,17,19). The van der Waals surface area contributed by atoms with E-state index in [0.29, 0.717) is 0 Å². The van der Waals surface area contributed by atoms with Gasteiger partial charge in [0, 0.05) is 25.6 Å². The van der Waals surface area contributed by atoms with Gasteiger partial charge in [0.15, 0.2) is 0 Å². The second kappa shape index (κ2) is 7.93. The lowest BCUT2D eigenvalue weighted by atomic mass is 10.2. The van der Waals surface area contributed by atoms with Gasteiger partial charge in [-0.1, -0.05) is 18.2 Å². The number of nitrogens with zero attached hydrogens (tertiary/aromatic N) is 1. The average molecular weight is 278 g/mol. The molecule has 3 amide bonds. The number of alkyl carbamates (subject to hydrolysis) is 1. The highest BCUT2D eigenvalue weighted by atomic mass is 16.5. The quantitative estimate of drug-likeness (QED) is 0.889. The summed E-state index contributed by atoms with van der Waals surface area (Å²) in [6.07, 6.45) is -0.827. The Morgan fingerprint density at radius 2 is 1.80 bits per heavy atom. The Morgan fingerprint density at radius 3 is 2.40 bits per heavy atom. The van der Waals surface area contributed by atoms with Gasteiger partial charge in [0.2, 0.25) is 11.8 Å². The highest BCUT2D eigenvalue weighted by Crippen LogP contribution is 2.12. The molecule has 0 radical (unpaired) electrons. The minimum absolute atomic E-state index is 0.0244. The molecule has 20 heavy (non-hydrogen) atoms. The molecule has 0 spiro atoms. The van der Waals surface area contributed by atoms with Crippen LogP contribution in [0.15, 0.2) is 30.3 Å². The topological polar surface area (TPSA) is 75.7 Å². The number of hydrogen-bond acceptors (Lipinski definition) is 4. The van der Waals surface area contributed by atoms with E-state index < -0.39 is 12.0 Å². The summed E-state index contributed by atoms with van der Waals surface area (Å²) < 4.78 is 4.57. The summed E-state index contributed by atoms with van der Waals surface area (Å²) in [4.78, 5) is 35.8. The maximum atomic E-state index is 11.9. The van der Waals surface area contributed by atoms with E-state index in [-0.39, 0.29) is 25.4 Å². The van der Waals surface area contributed by atoms with E-state index in [0.717, 1.165) is 5.69 Å². The predicted octanol–water partition coefficient (Wildman–Crippen LogP) is 1.70. The molecular formula is C14H18N2O4. The molecule has 0 aliphatic rings. The number of carbonyl (C=O) groups is 3. The molecule has 0 aliphatic heterocycles. The van der Waals surface area contributed by atoms with Crippen molar-refractivity contribution in [3.05, 3.63) is 30.3 Å². The van der Waals surface area contributed by atoms with Crippen LogP contribution in [0, 0.1) is 0 Å². The van der Waals surface area contributed by atoms with Crippen LogP contribution in [0.25, 0.3) is 0 Å². The molecule has 0 aromatic heterocycles. The van der Waals surface area contributed by atoms with E-state index in [4.69, 9.17) is 0 Å². The Bertz CT molecular complexity index is 473. The zero-order chi connectivity index (χ0) is 15.0. The summed E-state index contributed by atoms with van der Waals surface area (Å²) in [7, 11) is 1.64. The molecular weight excluding hydrogens is 260 g/mol. The number of hydrogen-bond donors (Lipinski definition) is 1. The van der Waals surface area contributed by atoms with Gasteiger partial charge in [-0.3, -0.25) is 14.9 Å². The van der Waals surface area contributed by atoms with Crippen molar-refractivity contribution in [3.8, 4) is 0 Å². The monoisotopic (exact) mass is 278 g/mol. The van der Waals surface area contributed by atoms with Crippen LogP contribution in [0.4, 0.5) is 10.5 Å². The summed E-state index contributed by atoms with van der Waals surface area (Å²) in [5.74, 6) is -0.728. The first-order valence-corrected chi connectivity index (χ1v) is 6.32. The Kier molecular flexibility index (Phi) is 6.22. The van der Waals surface area contributed by atoms with Crippen LogP contribution >= 0.6 is 0 Å². The zero-order valence-electron chi connectivity index (χ0n) is 11.6. The summed E-state index contributed by atoms with van der Waals surface area (Å²) in [5.41, 5.74) is 0.753. The Morgan fingerprint density at radius 1 is 1.15 bits per heavy atom. The third kappa shape index (κ3) is 5.09. The molecule has 6 nitrogen and oxygen atoms in total. The second-order valence-electron chi connectivity index (χ2n) is 4.06. The molecule has 6 heteroatoms. The highest BCUT2D eigenvalue weighted by Gasteiger charge is 2.14. The third-order valence-electron chi connectivity index (χ3n) is 2.60. The van der Waals surface area contributed by atoms with Crippen molar-refractivity contribution in [1.29, 1.82) is 0 Å². The first kappa shape index (κ1) is 15.7. The van der Waals surface area contributed by atoms with Crippen LogP contribution < -0.4 is 10.2 Å². The van der Waals surface area contributed by atoms with Gasteiger partial charge >= 0.3 is 6.09 Å². The van der Waals surface area contributed by atoms with Crippen molar-refractivity contribution < 1.29 is 19.1 Å². The van der Waals surface area contributed by atoms with E-state index in [1.165, 1.54) is 4.90 Å². The molecule has 1 rings (SSSR count). The minimum Gasteiger partial charge on any atom is -0.450 e. The smallest absolute Gasteiger partial charge is 0.413 e. The van der Waals surface area contributed by atoms with Crippen LogP contribution in [0.2, 0.25) is 0 Å². The van der Waals surface area contributed by atoms with Gasteiger partial charge in [0.1, 0.15) is 0 Å². The van der Waals surface area contributed by atoms with E-state index in [2.05, 4.69) is 4.74 Å². The Hall–Kier alpha value is -2.37.